The Bertz CT molecular complexity index is 1410. The van der Waals surface area contributed by atoms with Crippen molar-refractivity contribution >= 4 is 28.6 Å². The second kappa shape index (κ2) is 9.06. The molecular formula is C27H25N5O3. The molecule has 35 heavy (non-hydrogen) atoms. The van der Waals surface area contributed by atoms with E-state index < -0.39 is 23.4 Å². The van der Waals surface area contributed by atoms with Crippen molar-refractivity contribution in [2.75, 3.05) is 13.1 Å². The number of carbonyl (C=O) groups is 3. The number of benzene rings is 3. The molecule has 0 spiro atoms. The lowest BCUT2D eigenvalue weighted by Gasteiger charge is -2.22. The standard InChI is InChI=1S/C27H25N5O3/c1-27(21-12-11-19-7-5-6-8-20(19)17-21)25(34)31(26(35)29-27)18-24(33)28-15-13-22-14-16-32(30-22)23-9-3-2-4-10-23/h2-12,14,16-17H,13,15,18H2,1H3,(H,28,33)(H,29,35). The molecule has 0 radical (unpaired) electrons. The number of hydrogen-bond acceptors (Lipinski definition) is 4. The van der Waals surface area contributed by atoms with Crippen molar-refractivity contribution in [3.8, 4) is 5.69 Å². The number of rotatable bonds is 7. The minimum absolute atomic E-state index is 0.341. The van der Waals surface area contributed by atoms with E-state index in [2.05, 4.69) is 15.7 Å². The highest BCUT2D eigenvalue weighted by Crippen LogP contribution is 2.30. The lowest BCUT2D eigenvalue weighted by Crippen LogP contribution is -2.43. The summed E-state index contributed by atoms with van der Waals surface area (Å²) in [6.45, 7) is 1.67. The van der Waals surface area contributed by atoms with Crippen LogP contribution in [0.5, 0.6) is 0 Å². The van der Waals surface area contributed by atoms with Crippen molar-refractivity contribution in [1.29, 1.82) is 0 Å². The molecule has 1 aliphatic rings. The molecule has 1 aliphatic heterocycles. The third kappa shape index (κ3) is 4.38. The Morgan fingerprint density at radius 1 is 0.971 bits per heavy atom. The van der Waals surface area contributed by atoms with Crippen molar-refractivity contribution in [2.45, 2.75) is 18.9 Å². The predicted molar refractivity (Wildman–Crippen MR) is 132 cm³/mol. The molecule has 1 atom stereocenters. The van der Waals surface area contributed by atoms with Crippen molar-refractivity contribution < 1.29 is 14.4 Å². The first-order valence-electron chi connectivity index (χ1n) is 11.4. The van der Waals surface area contributed by atoms with E-state index in [4.69, 9.17) is 0 Å². The number of nitrogens with one attached hydrogen (secondary N) is 2. The SMILES string of the molecule is CC1(c2ccc3ccccc3c2)NC(=O)N(CC(=O)NCCc2ccn(-c3ccccc3)n2)C1=O. The van der Waals surface area contributed by atoms with E-state index in [1.165, 1.54) is 0 Å². The lowest BCUT2D eigenvalue weighted by molar-refractivity contribution is -0.134. The van der Waals surface area contributed by atoms with E-state index >= 15 is 0 Å². The number of imide groups is 1. The van der Waals surface area contributed by atoms with Crippen LogP contribution in [0.1, 0.15) is 18.2 Å². The molecule has 5 rings (SSSR count). The van der Waals surface area contributed by atoms with Gasteiger partial charge in [-0.1, -0.05) is 54.6 Å². The van der Waals surface area contributed by atoms with E-state index in [1.807, 2.05) is 85.1 Å². The number of urea groups is 1. The zero-order valence-corrected chi connectivity index (χ0v) is 19.3. The Kier molecular flexibility index (Phi) is 5.78. The summed E-state index contributed by atoms with van der Waals surface area (Å²) in [7, 11) is 0. The topological polar surface area (TPSA) is 96.3 Å². The van der Waals surface area contributed by atoms with Crippen LogP contribution in [0.25, 0.3) is 16.5 Å². The van der Waals surface area contributed by atoms with Gasteiger partial charge in [-0.25, -0.2) is 9.48 Å². The average molecular weight is 468 g/mol. The molecule has 0 saturated carbocycles. The summed E-state index contributed by atoms with van der Waals surface area (Å²) in [5.41, 5.74) is 1.22. The Hall–Kier alpha value is -4.46. The first kappa shape index (κ1) is 22.3. The van der Waals surface area contributed by atoms with E-state index in [1.54, 1.807) is 11.6 Å². The second-order valence-corrected chi connectivity index (χ2v) is 8.70. The van der Waals surface area contributed by atoms with Gasteiger partial charge in [0, 0.05) is 19.2 Å². The summed E-state index contributed by atoms with van der Waals surface area (Å²) in [6, 6.07) is 24.5. The van der Waals surface area contributed by atoms with Crippen LogP contribution in [-0.4, -0.2) is 45.6 Å². The summed E-state index contributed by atoms with van der Waals surface area (Å²) < 4.78 is 1.78. The van der Waals surface area contributed by atoms with Gasteiger partial charge in [0.15, 0.2) is 0 Å². The number of para-hydroxylation sites is 1. The molecule has 176 valence electrons. The van der Waals surface area contributed by atoms with Gasteiger partial charge in [0.1, 0.15) is 12.1 Å². The Morgan fingerprint density at radius 2 is 1.71 bits per heavy atom. The van der Waals surface area contributed by atoms with Crippen LogP contribution in [0.4, 0.5) is 4.79 Å². The van der Waals surface area contributed by atoms with Gasteiger partial charge in [-0.15, -0.1) is 0 Å². The van der Waals surface area contributed by atoms with Crippen LogP contribution >= 0.6 is 0 Å². The Balaban J connectivity index is 1.19. The van der Waals surface area contributed by atoms with Gasteiger partial charge in [-0.2, -0.15) is 5.10 Å². The molecule has 0 bridgehead atoms. The Labute approximate surface area is 202 Å². The molecule has 8 heteroatoms. The fraction of sp³-hybridized carbons (Fsp3) is 0.185. The first-order valence-corrected chi connectivity index (χ1v) is 11.4. The quantitative estimate of drug-likeness (QED) is 0.408. The fourth-order valence-electron chi connectivity index (χ4n) is 4.29. The molecule has 4 amide bonds. The number of nitrogens with zero attached hydrogens (tertiary/aromatic N) is 3. The minimum atomic E-state index is -1.23. The first-order chi connectivity index (χ1) is 16.9. The number of carbonyl (C=O) groups excluding carboxylic acids is 3. The third-order valence-electron chi connectivity index (χ3n) is 6.27. The van der Waals surface area contributed by atoms with Crippen LogP contribution in [0.3, 0.4) is 0 Å². The van der Waals surface area contributed by atoms with Crippen LogP contribution in [0, 0.1) is 0 Å². The maximum absolute atomic E-state index is 13.2. The third-order valence-corrected chi connectivity index (χ3v) is 6.27. The van der Waals surface area contributed by atoms with Crippen LogP contribution in [0.15, 0.2) is 85.1 Å². The van der Waals surface area contributed by atoms with Gasteiger partial charge in [-0.3, -0.25) is 14.5 Å². The zero-order valence-electron chi connectivity index (χ0n) is 19.3. The maximum atomic E-state index is 13.2. The molecule has 1 aromatic heterocycles. The summed E-state index contributed by atoms with van der Waals surface area (Å²) >= 11 is 0. The van der Waals surface area contributed by atoms with Gasteiger partial charge < -0.3 is 10.6 Å². The van der Waals surface area contributed by atoms with Crippen LogP contribution in [0.2, 0.25) is 0 Å². The van der Waals surface area contributed by atoms with Crippen molar-refractivity contribution in [3.63, 3.8) is 0 Å². The molecular weight excluding hydrogens is 442 g/mol. The van der Waals surface area contributed by atoms with Crippen LogP contribution in [-0.2, 0) is 21.5 Å². The number of hydrogen-bond donors (Lipinski definition) is 2. The van der Waals surface area contributed by atoms with Gasteiger partial charge >= 0.3 is 6.03 Å². The molecule has 0 aliphatic carbocycles. The van der Waals surface area contributed by atoms with Crippen molar-refractivity contribution in [2.24, 2.45) is 0 Å². The highest BCUT2D eigenvalue weighted by molar-refractivity contribution is 6.09. The predicted octanol–water partition coefficient (Wildman–Crippen LogP) is 3.15. The molecule has 4 aromatic rings. The summed E-state index contributed by atoms with van der Waals surface area (Å²) in [6.07, 6.45) is 2.40. The van der Waals surface area contributed by atoms with Gasteiger partial charge in [0.05, 0.1) is 11.4 Å². The van der Waals surface area contributed by atoms with Gasteiger partial charge in [0.25, 0.3) is 5.91 Å². The van der Waals surface area contributed by atoms with E-state index in [0.29, 0.717) is 18.5 Å². The number of aromatic nitrogens is 2. The smallest absolute Gasteiger partial charge is 0.325 e. The normalized spacial score (nSPS) is 17.6. The molecule has 3 aromatic carbocycles. The Morgan fingerprint density at radius 3 is 2.51 bits per heavy atom. The molecule has 1 unspecified atom stereocenters. The lowest BCUT2D eigenvalue weighted by atomic mass is 9.90. The van der Waals surface area contributed by atoms with Gasteiger partial charge in [0.2, 0.25) is 5.91 Å². The molecule has 1 saturated heterocycles. The summed E-state index contributed by atoms with van der Waals surface area (Å²) in [5.74, 6) is -0.853. The molecule has 8 nitrogen and oxygen atoms in total. The summed E-state index contributed by atoms with van der Waals surface area (Å²) in [4.78, 5) is 39.3. The largest absolute Gasteiger partial charge is 0.354 e. The van der Waals surface area contributed by atoms with E-state index in [0.717, 1.165) is 27.1 Å². The highest BCUT2D eigenvalue weighted by atomic mass is 16.2. The number of amides is 4. The van der Waals surface area contributed by atoms with Gasteiger partial charge in [-0.05, 0) is 47.5 Å². The fourth-order valence-corrected chi connectivity index (χ4v) is 4.29. The van der Waals surface area contributed by atoms with E-state index in [-0.39, 0.29) is 6.54 Å². The van der Waals surface area contributed by atoms with Crippen molar-refractivity contribution in [1.82, 2.24) is 25.3 Å². The van der Waals surface area contributed by atoms with Crippen LogP contribution < -0.4 is 10.6 Å². The number of fused-ring (bicyclic) bond motifs is 1. The molecule has 2 N–H and O–H groups in total. The maximum Gasteiger partial charge on any atom is 0.325 e. The minimum Gasteiger partial charge on any atom is -0.354 e. The molecule has 2 heterocycles. The molecule has 1 fully saturated rings. The average Bonchev–Trinajstić information content (AvgIpc) is 3.43. The zero-order chi connectivity index (χ0) is 24.4. The van der Waals surface area contributed by atoms with E-state index in [9.17, 15) is 14.4 Å². The summed E-state index contributed by atoms with van der Waals surface area (Å²) in [5, 5.41) is 12.1. The second-order valence-electron chi connectivity index (χ2n) is 8.70. The van der Waals surface area contributed by atoms with Crippen molar-refractivity contribution in [3.05, 3.63) is 96.3 Å². The highest BCUT2D eigenvalue weighted by Gasteiger charge is 2.49. The monoisotopic (exact) mass is 467 g/mol.